The average Bonchev–Trinajstić information content (AvgIpc) is 3.07. The summed E-state index contributed by atoms with van der Waals surface area (Å²) >= 11 is 5.95. The third-order valence-corrected chi connectivity index (χ3v) is 3.77. The van der Waals surface area contributed by atoms with Gasteiger partial charge in [0.25, 0.3) is 0 Å². The average molecular weight is 313 g/mol. The third kappa shape index (κ3) is 1.79. The fraction of sp³-hybridized carbons (Fsp3) is 0. The summed E-state index contributed by atoms with van der Waals surface area (Å²) in [6.45, 7) is 0. The molecular formula is C16H9ClN2O3. The third-order valence-electron chi connectivity index (χ3n) is 3.54. The summed E-state index contributed by atoms with van der Waals surface area (Å²) in [5, 5.41) is 15.5. The SMILES string of the molecule is O=C(O)c1nn(-c2coc3cc(Cl)ccc23)c2ccccc12. The highest BCUT2D eigenvalue weighted by atomic mass is 35.5. The van der Waals surface area contributed by atoms with E-state index < -0.39 is 5.97 Å². The van der Waals surface area contributed by atoms with Crippen LogP contribution in [0.25, 0.3) is 27.6 Å². The number of hydrogen-bond donors (Lipinski definition) is 1. The Hall–Kier alpha value is -2.79. The van der Waals surface area contributed by atoms with E-state index in [9.17, 15) is 9.90 Å². The van der Waals surface area contributed by atoms with Crippen LogP contribution in [0.2, 0.25) is 5.02 Å². The van der Waals surface area contributed by atoms with Gasteiger partial charge in [0.15, 0.2) is 5.69 Å². The second kappa shape index (κ2) is 4.61. The van der Waals surface area contributed by atoms with Gasteiger partial charge in [0.05, 0.1) is 5.52 Å². The Balaban J connectivity index is 2.06. The number of fused-ring (bicyclic) bond motifs is 2. The Labute approximate surface area is 129 Å². The van der Waals surface area contributed by atoms with Gasteiger partial charge in [0.2, 0.25) is 0 Å². The zero-order chi connectivity index (χ0) is 15.3. The van der Waals surface area contributed by atoms with Crippen LogP contribution in [0, 0.1) is 0 Å². The Kier molecular flexibility index (Phi) is 2.71. The molecule has 0 saturated carbocycles. The van der Waals surface area contributed by atoms with Crippen molar-refractivity contribution in [2.75, 3.05) is 0 Å². The van der Waals surface area contributed by atoms with E-state index >= 15 is 0 Å². The minimum Gasteiger partial charge on any atom is -0.476 e. The largest absolute Gasteiger partial charge is 0.476 e. The molecule has 108 valence electrons. The number of carboxylic acid groups (broad SMARTS) is 1. The lowest BCUT2D eigenvalue weighted by atomic mass is 10.2. The van der Waals surface area contributed by atoms with Crippen LogP contribution in [0.1, 0.15) is 10.5 Å². The van der Waals surface area contributed by atoms with Crippen LogP contribution in [0.3, 0.4) is 0 Å². The van der Waals surface area contributed by atoms with Crippen LogP contribution < -0.4 is 0 Å². The Morgan fingerprint density at radius 2 is 2.00 bits per heavy atom. The van der Waals surface area contributed by atoms with Gasteiger partial charge in [0.1, 0.15) is 17.5 Å². The lowest BCUT2D eigenvalue weighted by Crippen LogP contribution is -2.00. The van der Waals surface area contributed by atoms with Crippen molar-refractivity contribution in [1.29, 1.82) is 0 Å². The van der Waals surface area contributed by atoms with E-state index in [4.69, 9.17) is 16.0 Å². The van der Waals surface area contributed by atoms with Crippen molar-refractivity contribution in [3.8, 4) is 5.69 Å². The van der Waals surface area contributed by atoms with Gasteiger partial charge in [-0.3, -0.25) is 0 Å². The van der Waals surface area contributed by atoms with E-state index in [0.29, 0.717) is 27.2 Å². The molecule has 6 heteroatoms. The molecule has 0 bridgehead atoms. The van der Waals surface area contributed by atoms with Crippen molar-refractivity contribution in [1.82, 2.24) is 9.78 Å². The lowest BCUT2D eigenvalue weighted by Gasteiger charge is -2.00. The maximum absolute atomic E-state index is 11.4. The molecule has 0 fully saturated rings. The molecule has 22 heavy (non-hydrogen) atoms. The standard InChI is InChI=1S/C16H9ClN2O3/c17-9-5-6-10-13(8-22-14(10)7-9)19-12-4-2-1-3-11(12)15(18-19)16(20)21/h1-8H,(H,20,21). The number of carbonyl (C=O) groups is 1. The zero-order valence-corrected chi connectivity index (χ0v) is 11.9. The lowest BCUT2D eigenvalue weighted by molar-refractivity contribution is 0.0692. The molecule has 0 saturated heterocycles. The monoisotopic (exact) mass is 312 g/mol. The number of aromatic carboxylic acids is 1. The van der Waals surface area contributed by atoms with Crippen molar-refractivity contribution in [3.05, 3.63) is 59.4 Å². The number of aromatic nitrogens is 2. The van der Waals surface area contributed by atoms with Gasteiger partial charge in [-0.05, 0) is 18.2 Å². The number of halogens is 1. The zero-order valence-electron chi connectivity index (χ0n) is 11.2. The van der Waals surface area contributed by atoms with Gasteiger partial charge in [-0.2, -0.15) is 5.10 Å². The van der Waals surface area contributed by atoms with Crippen molar-refractivity contribution in [2.24, 2.45) is 0 Å². The van der Waals surface area contributed by atoms with Crippen molar-refractivity contribution in [2.45, 2.75) is 0 Å². The molecule has 2 aromatic heterocycles. The van der Waals surface area contributed by atoms with Gasteiger partial charge in [0, 0.05) is 21.9 Å². The minimum absolute atomic E-state index is 0.0129. The molecule has 0 aliphatic heterocycles. The molecule has 1 N–H and O–H groups in total. The van der Waals surface area contributed by atoms with Gasteiger partial charge >= 0.3 is 5.97 Å². The van der Waals surface area contributed by atoms with Gasteiger partial charge in [-0.25, -0.2) is 9.48 Å². The molecule has 0 amide bonds. The maximum atomic E-state index is 11.4. The van der Waals surface area contributed by atoms with Crippen LogP contribution in [0.4, 0.5) is 0 Å². The first-order chi connectivity index (χ1) is 10.6. The van der Waals surface area contributed by atoms with Crippen LogP contribution >= 0.6 is 11.6 Å². The summed E-state index contributed by atoms with van der Waals surface area (Å²) < 4.78 is 7.09. The fourth-order valence-electron chi connectivity index (χ4n) is 2.56. The first kappa shape index (κ1) is 12.9. The molecule has 0 unspecified atom stereocenters. The number of nitrogens with zero attached hydrogens (tertiary/aromatic N) is 2. The molecule has 0 atom stereocenters. The molecule has 4 aromatic rings. The van der Waals surface area contributed by atoms with E-state index in [0.717, 1.165) is 5.39 Å². The van der Waals surface area contributed by atoms with Crippen LogP contribution in [0.5, 0.6) is 0 Å². The highest BCUT2D eigenvalue weighted by Crippen LogP contribution is 2.30. The molecule has 5 nitrogen and oxygen atoms in total. The van der Waals surface area contributed by atoms with Crippen molar-refractivity contribution >= 4 is 39.4 Å². The summed E-state index contributed by atoms with van der Waals surface area (Å²) in [4.78, 5) is 11.4. The number of rotatable bonds is 2. The number of hydrogen-bond acceptors (Lipinski definition) is 3. The van der Waals surface area contributed by atoms with Crippen LogP contribution in [0.15, 0.2) is 53.1 Å². The second-order valence-electron chi connectivity index (χ2n) is 4.84. The summed E-state index contributed by atoms with van der Waals surface area (Å²) in [6, 6.07) is 12.5. The first-order valence-corrected chi connectivity index (χ1v) is 6.91. The number of benzene rings is 2. The summed E-state index contributed by atoms with van der Waals surface area (Å²) in [5.41, 5.74) is 2.02. The molecule has 2 aromatic carbocycles. The predicted molar refractivity (Wildman–Crippen MR) is 82.8 cm³/mol. The second-order valence-corrected chi connectivity index (χ2v) is 5.28. The molecule has 0 aliphatic carbocycles. The predicted octanol–water partition coefficient (Wildman–Crippen LogP) is 4.12. The van der Waals surface area contributed by atoms with E-state index in [2.05, 4.69) is 5.10 Å². The molecule has 0 aliphatic rings. The van der Waals surface area contributed by atoms with E-state index in [1.165, 1.54) is 0 Å². The normalized spacial score (nSPS) is 11.3. The van der Waals surface area contributed by atoms with Gasteiger partial charge < -0.3 is 9.52 Å². The maximum Gasteiger partial charge on any atom is 0.357 e. The van der Waals surface area contributed by atoms with Gasteiger partial charge in [-0.15, -0.1) is 0 Å². The highest BCUT2D eigenvalue weighted by molar-refractivity contribution is 6.31. The van der Waals surface area contributed by atoms with E-state index in [1.54, 1.807) is 35.2 Å². The summed E-state index contributed by atoms with van der Waals surface area (Å²) in [6.07, 6.45) is 1.55. The summed E-state index contributed by atoms with van der Waals surface area (Å²) in [7, 11) is 0. The van der Waals surface area contributed by atoms with Crippen LogP contribution in [-0.2, 0) is 0 Å². The molecule has 0 spiro atoms. The Morgan fingerprint density at radius 1 is 1.18 bits per heavy atom. The number of carboxylic acids is 1. The van der Waals surface area contributed by atoms with Gasteiger partial charge in [-0.1, -0.05) is 29.8 Å². The highest BCUT2D eigenvalue weighted by Gasteiger charge is 2.19. The van der Waals surface area contributed by atoms with E-state index in [-0.39, 0.29) is 5.69 Å². The minimum atomic E-state index is -1.06. The number of para-hydroxylation sites is 1. The molecule has 2 heterocycles. The quantitative estimate of drug-likeness (QED) is 0.604. The topological polar surface area (TPSA) is 68.3 Å². The fourth-order valence-corrected chi connectivity index (χ4v) is 2.72. The smallest absolute Gasteiger partial charge is 0.357 e. The molecule has 0 radical (unpaired) electrons. The van der Waals surface area contributed by atoms with Crippen LogP contribution in [-0.4, -0.2) is 20.9 Å². The van der Waals surface area contributed by atoms with E-state index in [1.807, 2.05) is 18.2 Å². The molecule has 4 rings (SSSR count). The van der Waals surface area contributed by atoms with Crippen molar-refractivity contribution in [3.63, 3.8) is 0 Å². The summed E-state index contributed by atoms with van der Waals surface area (Å²) in [5.74, 6) is -1.06. The number of furan rings is 1. The Bertz CT molecular complexity index is 1030. The molecular weight excluding hydrogens is 304 g/mol. The van der Waals surface area contributed by atoms with Crippen molar-refractivity contribution < 1.29 is 14.3 Å². The Morgan fingerprint density at radius 3 is 2.82 bits per heavy atom. The first-order valence-electron chi connectivity index (χ1n) is 6.53.